The molecule has 0 aromatic rings. The number of carbonyl (C=O) groups is 3. The summed E-state index contributed by atoms with van der Waals surface area (Å²) in [7, 11) is 0. The van der Waals surface area contributed by atoms with E-state index >= 15 is 0 Å². The molecule has 0 aromatic heterocycles. The lowest BCUT2D eigenvalue weighted by atomic mass is 9.95. The van der Waals surface area contributed by atoms with Gasteiger partial charge in [-0.2, -0.15) is 0 Å². The topological polar surface area (TPSA) is 54.5 Å². The summed E-state index contributed by atoms with van der Waals surface area (Å²) in [5, 5.41) is 0. The highest BCUT2D eigenvalue weighted by molar-refractivity contribution is 6.13. The highest BCUT2D eigenvalue weighted by atomic mass is 16.2. The molecule has 1 heterocycles. The van der Waals surface area contributed by atoms with Crippen LogP contribution in [0.4, 0.5) is 0 Å². The number of Topliss-reactive ketones (excluding diaryl/α,β-unsaturated/α-hetero) is 1. The van der Waals surface area contributed by atoms with Crippen LogP contribution in [0.1, 0.15) is 32.6 Å². The Bertz CT molecular complexity index is 354. The van der Waals surface area contributed by atoms with E-state index in [1.807, 2.05) is 6.92 Å². The van der Waals surface area contributed by atoms with Crippen LogP contribution in [-0.4, -0.2) is 28.5 Å². The molecule has 2 aliphatic rings. The second-order valence-corrected chi connectivity index (χ2v) is 4.30. The van der Waals surface area contributed by atoms with Crippen molar-refractivity contribution in [1.82, 2.24) is 4.90 Å². The lowest BCUT2D eigenvalue weighted by Crippen LogP contribution is -2.44. The van der Waals surface area contributed by atoms with Gasteiger partial charge in [-0.1, -0.05) is 13.3 Å². The van der Waals surface area contributed by atoms with Gasteiger partial charge >= 0.3 is 0 Å². The normalized spacial score (nSPS) is 29.2. The third-order valence-electron chi connectivity index (χ3n) is 3.42. The average molecular weight is 221 g/mol. The second-order valence-electron chi connectivity index (χ2n) is 4.30. The average Bonchev–Trinajstić information content (AvgIpc) is 2.84. The molecule has 0 aromatic carbocycles. The van der Waals surface area contributed by atoms with Crippen LogP contribution >= 0.6 is 0 Å². The Labute approximate surface area is 94.3 Å². The van der Waals surface area contributed by atoms with Crippen LogP contribution in [0.3, 0.4) is 0 Å². The molecule has 0 unspecified atom stereocenters. The van der Waals surface area contributed by atoms with Crippen LogP contribution in [0.2, 0.25) is 0 Å². The van der Waals surface area contributed by atoms with Crippen LogP contribution < -0.4 is 0 Å². The van der Waals surface area contributed by atoms with Crippen LogP contribution in [0.15, 0.2) is 12.2 Å². The summed E-state index contributed by atoms with van der Waals surface area (Å²) in [6, 6.07) is -0.206. The second kappa shape index (κ2) is 4.20. The first-order valence-electron chi connectivity index (χ1n) is 5.73. The fourth-order valence-corrected chi connectivity index (χ4v) is 2.63. The largest absolute Gasteiger partial charge is 0.299 e. The van der Waals surface area contributed by atoms with E-state index in [-0.39, 0.29) is 29.6 Å². The van der Waals surface area contributed by atoms with Crippen molar-refractivity contribution < 1.29 is 14.4 Å². The zero-order valence-corrected chi connectivity index (χ0v) is 9.31. The molecule has 0 radical (unpaired) electrons. The number of carbonyl (C=O) groups excluding carboxylic acids is 3. The first-order chi connectivity index (χ1) is 7.65. The molecule has 4 heteroatoms. The van der Waals surface area contributed by atoms with Gasteiger partial charge in [0.15, 0.2) is 0 Å². The van der Waals surface area contributed by atoms with E-state index < -0.39 is 0 Å². The molecule has 4 nitrogen and oxygen atoms in total. The van der Waals surface area contributed by atoms with Gasteiger partial charge in [0.2, 0.25) is 0 Å². The van der Waals surface area contributed by atoms with Crippen LogP contribution in [-0.2, 0) is 14.4 Å². The smallest absolute Gasteiger partial charge is 0.253 e. The standard InChI is InChI=1S/C12H15NO3/c1-2-10(14)8-4-3-5-9(8)13-11(15)6-7-12(13)16/h6-9H,2-5H2,1H3/t8-,9-/m0/s1. The summed E-state index contributed by atoms with van der Waals surface area (Å²) >= 11 is 0. The van der Waals surface area contributed by atoms with E-state index in [4.69, 9.17) is 0 Å². The Morgan fingerprint density at radius 2 is 1.94 bits per heavy atom. The summed E-state index contributed by atoms with van der Waals surface area (Å²) in [6.07, 6.45) is 5.52. The maximum atomic E-state index is 11.7. The molecule has 16 heavy (non-hydrogen) atoms. The Balaban J connectivity index is 2.17. The van der Waals surface area contributed by atoms with Gasteiger partial charge in [-0.15, -0.1) is 0 Å². The first-order valence-corrected chi connectivity index (χ1v) is 5.73. The van der Waals surface area contributed by atoms with Crippen molar-refractivity contribution in [3.05, 3.63) is 12.2 Å². The highest BCUT2D eigenvalue weighted by Crippen LogP contribution is 2.32. The van der Waals surface area contributed by atoms with E-state index in [0.717, 1.165) is 19.3 Å². The fourth-order valence-electron chi connectivity index (χ4n) is 2.63. The molecule has 86 valence electrons. The van der Waals surface area contributed by atoms with Gasteiger partial charge in [-0.05, 0) is 12.8 Å². The minimum Gasteiger partial charge on any atom is -0.299 e. The number of hydrogen-bond acceptors (Lipinski definition) is 3. The number of amides is 2. The Morgan fingerprint density at radius 1 is 1.31 bits per heavy atom. The lowest BCUT2D eigenvalue weighted by Gasteiger charge is -2.26. The minimum atomic E-state index is -0.272. The predicted octanol–water partition coefficient (Wildman–Crippen LogP) is 1.06. The van der Waals surface area contributed by atoms with Crippen molar-refractivity contribution in [2.24, 2.45) is 5.92 Å². The zero-order chi connectivity index (χ0) is 11.7. The molecule has 1 aliphatic carbocycles. The van der Waals surface area contributed by atoms with Crippen LogP contribution in [0.25, 0.3) is 0 Å². The number of ketones is 1. The van der Waals surface area contributed by atoms with E-state index in [1.165, 1.54) is 17.1 Å². The van der Waals surface area contributed by atoms with Crippen molar-refractivity contribution in [1.29, 1.82) is 0 Å². The van der Waals surface area contributed by atoms with Crippen molar-refractivity contribution in [2.45, 2.75) is 38.6 Å². The molecule has 1 fully saturated rings. The van der Waals surface area contributed by atoms with Crippen LogP contribution in [0, 0.1) is 5.92 Å². The number of imide groups is 1. The van der Waals surface area contributed by atoms with Gasteiger partial charge in [0.1, 0.15) is 5.78 Å². The summed E-state index contributed by atoms with van der Waals surface area (Å²) < 4.78 is 0. The number of rotatable bonds is 3. The van der Waals surface area contributed by atoms with E-state index in [1.54, 1.807) is 0 Å². The summed E-state index contributed by atoms with van der Waals surface area (Å²) in [4.78, 5) is 36.1. The number of hydrogen-bond donors (Lipinski definition) is 0. The molecule has 1 saturated carbocycles. The number of nitrogens with zero attached hydrogens (tertiary/aromatic N) is 1. The Hall–Kier alpha value is -1.45. The molecule has 2 rings (SSSR count). The third kappa shape index (κ3) is 1.68. The van der Waals surface area contributed by atoms with Gasteiger partial charge in [-0.25, -0.2) is 0 Å². The monoisotopic (exact) mass is 221 g/mol. The zero-order valence-electron chi connectivity index (χ0n) is 9.31. The SMILES string of the molecule is CCC(=O)[C@H]1CCC[C@@H]1N1C(=O)C=CC1=O. The maximum absolute atomic E-state index is 11.7. The molecule has 0 N–H and O–H groups in total. The minimum absolute atomic E-state index is 0.141. The maximum Gasteiger partial charge on any atom is 0.253 e. The molecule has 0 saturated heterocycles. The Morgan fingerprint density at radius 3 is 2.50 bits per heavy atom. The summed E-state index contributed by atoms with van der Waals surface area (Å²) in [6.45, 7) is 1.82. The fraction of sp³-hybridized carbons (Fsp3) is 0.583. The molecule has 1 aliphatic heterocycles. The summed E-state index contributed by atoms with van der Waals surface area (Å²) in [5.41, 5.74) is 0. The summed E-state index contributed by atoms with van der Waals surface area (Å²) in [5.74, 6) is -0.524. The van der Waals surface area contributed by atoms with Gasteiger partial charge in [0.05, 0.1) is 6.04 Å². The molecule has 2 atom stereocenters. The first kappa shape index (κ1) is 11.0. The Kier molecular flexibility index (Phi) is 2.90. The molecular formula is C12H15NO3. The molecule has 0 spiro atoms. The van der Waals surface area contributed by atoms with E-state index in [9.17, 15) is 14.4 Å². The van der Waals surface area contributed by atoms with Crippen LogP contribution in [0.5, 0.6) is 0 Å². The molecular weight excluding hydrogens is 206 g/mol. The highest BCUT2D eigenvalue weighted by Gasteiger charge is 2.41. The third-order valence-corrected chi connectivity index (χ3v) is 3.42. The van der Waals surface area contributed by atoms with Crippen molar-refractivity contribution in [2.75, 3.05) is 0 Å². The van der Waals surface area contributed by atoms with E-state index in [0.29, 0.717) is 6.42 Å². The van der Waals surface area contributed by atoms with Crippen molar-refractivity contribution >= 4 is 17.6 Å². The van der Waals surface area contributed by atoms with Crippen molar-refractivity contribution in [3.8, 4) is 0 Å². The van der Waals surface area contributed by atoms with Crippen molar-refractivity contribution in [3.63, 3.8) is 0 Å². The van der Waals surface area contributed by atoms with Gasteiger partial charge in [-0.3, -0.25) is 19.3 Å². The predicted molar refractivity (Wildman–Crippen MR) is 57.4 cm³/mol. The molecule has 2 amide bonds. The van der Waals surface area contributed by atoms with Gasteiger partial charge in [0.25, 0.3) is 11.8 Å². The molecule has 0 bridgehead atoms. The lowest BCUT2D eigenvalue weighted by molar-refractivity contribution is -0.141. The van der Waals surface area contributed by atoms with Gasteiger partial charge in [0, 0.05) is 24.5 Å². The van der Waals surface area contributed by atoms with E-state index in [2.05, 4.69) is 0 Å². The quantitative estimate of drug-likeness (QED) is 0.669. The van der Waals surface area contributed by atoms with Gasteiger partial charge < -0.3 is 0 Å².